The van der Waals surface area contributed by atoms with Gasteiger partial charge in [0.2, 0.25) is 17.7 Å². The second kappa shape index (κ2) is 6.83. The van der Waals surface area contributed by atoms with Gasteiger partial charge in [-0.2, -0.15) is 0 Å². The van der Waals surface area contributed by atoms with Gasteiger partial charge >= 0.3 is 0 Å². The number of hydrogen-bond acceptors (Lipinski definition) is 4. The first-order valence-electron chi connectivity index (χ1n) is 7.45. The number of piperidine rings is 1. The van der Waals surface area contributed by atoms with Crippen molar-refractivity contribution in [2.75, 3.05) is 19.6 Å². The average molecular weight is 281 g/mol. The fourth-order valence-electron chi connectivity index (χ4n) is 2.98. The first kappa shape index (κ1) is 15.0. The van der Waals surface area contributed by atoms with E-state index in [1.807, 2.05) is 6.92 Å². The maximum atomic E-state index is 12.3. The Morgan fingerprint density at radius 1 is 1.40 bits per heavy atom. The van der Waals surface area contributed by atoms with Crippen molar-refractivity contribution < 1.29 is 14.4 Å². The van der Waals surface area contributed by atoms with E-state index in [9.17, 15) is 14.4 Å². The number of imide groups is 1. The molecule has 2 unspecified atom stereocenters. The predicted octanol–water partition coefficient (Wildman–Crippen LogP) is 0.0298. The standard InChI is InChI=1S/C14H23N3O3/c1-2-11-14(20)16-12(18)9-17(11)13(19)6-5-10-4-3-7-15-8-10/h10-11,15H,2-9H2,1H3,(H,16,18,20). The van der Waals surface area contributed by atoms with Gasteiger partial charge in [0.1, 0.15) is 12.6 Å². The van der Waals surface area contributed by atoms with Crippen LogP contribution in [0.1, 0.15) is 39.0 Å². The number of amides is 3. The summed E-state index contributed by atoms with van der Waals surface area (Å²) in [6.07, 6.45) is 4.09. The van der Waals surface area contributed by atoms with Crippen LogP contribution in [0.5, 0.6) is 0 Å². The fourth-order valence-corrected chi connectivity index (χ4v) is 2.98. The largest absolute Gasteiger partial charge is 0.321 e. The molecule has 2 atom stereocenters. The number of nitrogens with one attached hydrogen (secondary N) is 2. The minimum Gasteiger partial charge on any atom is -0.321 e. The van der Waals surface area contributed by atoms with E-state index in [0.29, 0.717) is 18.8 Å². The third-order valence-electron chi connectivity index (χ3n) is 4.13. The van der Waals surface area contributed by atoms with Crippen molar-refractivity contribution in [1.29, 1.82) is 0 Å². The second-order valence-corrected chi connectivity index (χ2v) is 5.61. The number of hydrogen-bond donors (Lipinski definition) is 2. The summed E-state index contributed by atoms with van der Waals surface area (Å²) >= 11 is 0. The molecule has 2 aliphatic heterocycles. The van der Waals surface area contributed by atoms with Crippen LogP contribution in [0.3, 0.4) is 0 Å². The highest BCUT2D eigenvalue weighted by Gasteiger charge is 2.35. The molecule has 2 heterocycles. The minimum atomic E-state index is -0.496. The van der Waals surface area contributed by atoms with Gasteiger partial charge in [-0.15, -0.1) is 0 Å². The second-order valence-electron chi connectivity index (χ2n) is 5.61. The van der Waals surface area contributed by atoms with Crippen molar-refractivity contribution in [1.82, 2.24) is 15.5 Å². The molecule has 0 aromatic rings. The Labute approximate surface area is 119 Å². The molecule has 3 amide bonds. The number of carbonyl (C=O) groups excluding carboxylic acids is 3. The highest BCUT2D eigenvalue weighted by molar-refractivity contribution is 6.04. The molecule has 0 aliphatic carbocycles. The van der Waals surface area contributed by atoms with Gasteiger partial charge in [0, 0.05) is 6.42 Å². The molecular formula is C14H23N3O3. The first-order valence-corrected chi connectivity index (χ1v) is 7.45. The molecule has 2 aliphatic rings. The molecule has 0 aromatic carbocycles. The zero-order valence-corrected chi connectivity index (χ0v) is 12.0. The Balaban J connectivity index is 1.88. The lowest BCUT2D eigenvalue weighted by atomic mass is 9.94. The Morgan fingerprint density at radius 3 is 2.85 bits per heavy atom. The summed E-state index contributed by atoms with van der Waals surface area (Å²) in [6, 6.07) is -0.496. The molecule has 0 bridgehead atoms. The number of carbonyl (C=O) groups is 3. The van der Waals surface area contributed by atoms with Gasteiger partial charge in [0.25, 0.3) is 0 Å². The van der Waals surface area contributed by atoms with E-state index in [0.717, 1.165) is 32.4 Å². The molecule has 6 nitrogen and oxygen atoms in total. The van der Waals surface area contributed by atoms with Crippen molar-refractivity contribution in [2.45, 2.75) is 45.1 Å². The Bertz CT molecular complexity index is 391. The lowest BCUT2D eigenvalue weighted by Crippen LogP contribution is -2.59. The average Bonchev–Trinajstić information content (AvgIpc) is 2.45. The molecule has 112 valence electrons. The SMILES string of the molecule is CCC1C(=O)NC(=O)CN1C(=O)CCC1CCCNC1. The quantitative estimate of drug-likeness (QED) is 0.713. The molecule has 2 N–H and O–H groups in total. The van der Waals surface area contributed by atoms with Gasteiger partial charge in [-0.05, 0) is 44.7 Å². The molecule has 0 aromatic heterocycles. The summed E-state index contributed by atoms with van der Waals surface area (Å²) < 4.78 is 0. The zero-order valence-electron chi connectivity index (χ0n) is 12.0. The topological polar surface area (TPSA) is 78.5 Å². The highest BCUT2D eigenvalue weighted by atomic mass is 16.2. The van der Waals surface area contributed by atoms with Crippen molar-refractivity contribution in [3.63, 3.8) is 0 Å². The van der Waals surface area contributed by atoms with Crippen LogP contribution in [0.25, 0.3) is 0 Å². The van der Waals surface area contributed by atoms with E-state index in [-0.39, 0.29) is 24.3 Å². The molecule has 2 saturated heterocycles. The molecular weight excluding hydrogens is 258 g/mol. The third-order valence-corrected chi connectivity index (χ3v) is 4.13. The van der Waals surface area contributed by atoms with Crippen LogP contribution in [0.15, 0.2) is 0 Å². The smallest absolute Gasteiger partial charge is 0.249 e. The summed E-state index contributed by atoms with van der Waals surface area (Å²) in [5.41, 5.74) is 0. The third kappa shape index (κ3) is 3.56. The highest BCUT2D eigenvalue weighted by Crippen LogP contribution is 2.18. The predicted molar refractivity (Wildman–Crippen MR) is 73.8 cm³/mol. The Hall–Kier alpha value is -1.43. The monoisotopic (exact) mass is 281 g/mol. The lowest BCUT2D eigenvalue weighted by Gasteiger charge is -2.34. The van der Waals surface area contributed by atoms with Crippen LogP contribution in [-0.2, 0) is 14.4 Å². The van der Waals surface area contributed by atoms with Crippen LogP contribution < -0.4 is 10.6 Å². The van der Waals surface area contributed by atoms with Gasteiger partial charge < -0.3 is 10.2 Å². The summed E-state index contributed by atoms with van der Waals surface area (Å²) in [6.45, 7) is 3.88. The molecule has 0 spiro atoms. The maximum absolute atomic E-state index is 12.3. The van der Waals surface area contributed by atoms with Crippen molar-refractivity contribution in [3.8, 4) is 0 Å². The van der Waals surface area contributed by atoms with E-state index >= 15 is 0 Å². The van der Waals surface area contributed by atoms with Gasteiger partial charge in [-0.3, -0.25) is 19.7 Å². The Kier molecular flexibility index (Phi) is 5.11. The summed E-state index contributed by atoms with van der Waals surface area (Å²) in [5, 5.41) is 5.62. The summed E-state index contributed by atoms with van der Waals surface area (Å²) in [5.74, 6) is -0.281. The van der Waals surface area contributed by atoms with E-state index < -0.39 is 6.04 Å². The van der Waals surface area contributed by atoms with E-state index in [2.05, 4.69) is 10.6 Å². The summed E-state index contributed by atoms with van der Waals surface area (Å²) in [4.78, 5) is 36.9. The molecule has 6 heteroatoms. The van der Waals surface area contributed by atoms with E-state index in [1.54, 1.807) is 0 Å². The maximum Gasteiger partial charge on any atom is 0.249 e. The van der Waals surface area contributed by atoms with E-state index in [4.69, 9.17) is 0 Å². The van der Waals surface area contributed by atoms with Crippen LogP contribution >= 0.6 is 0 Å². The van der Waals surface area contributed by atoms with Crippen molar-refractivity contribution >= 4 is 17.7 Å². The minimum absolute atomic E-state index is 0.00595. The lowest BCUT2D eigenvalue weighted by molar-refractivity contribution is -0.150. The molecule has 2 rings (SSSR count). The van der Waals surface area contributed by atoms with Gasteiger partial charge in [-0.25, -0.2) is 0 Å². The Morgan fingerprint density at radius 2 is 2.20 bits per heavy atom. The molecule has 2 fully saturated rings. The normalized spacial score (nSPS) is 27.4. The van der Waals surface area contributed by atoms with Crippen LogP contribution in [-0.4, -0.2) is 48.3 Å². The first-order chi connectivity index (χ1) is 9.61. The van der Waals surface area contributed by atoms with Crippen LogP contribution in [0.2, 0.25) is 0 Å². The van der Waals surface area contributed by atoms with Gasteiger partial charge in [0.15, 0.2) is 0 Å². The van der Waals surface area contributed by atoms with Crippen LogP contribution in [0, 0.1) is 5.92 Å². The molecule has 0 radical (unpaired) electrons. The number of nitrogens with zero attached hydrogens (tertiary/aromatic N) is 1. The fraction of sp³-hybridized carbons (Fsp3) is 0.786. The number of rotatable bonds is 4. The van der Waals surface area contributed by atoms with Gasteiger partial charge in [-0.1, -0.05) is 6.92 Å². The molecule has 0 saturated carbocycles. The van der Waals surface area contributed by atoms with Gasteiger partial charge in [0.05, 0.1) is 0 Å². The number of piperazine rings is 1. The van der Waals surface area contributed by atoms with Crippen molar-refractivity contribution in [2.24, 2.45) is 5.92 Å². The van der Waals surface area contributed by atoms with Crippen LogP contribution in [0.4, 0.5) is 0 Å². The zero-order chi connectivity index (χ0) is 14.5. The van der Waals surface area contributed by atoms with E-state index in [1.165, 1.54) is 4.90 Å². The summed E-state index contributed by atoms with van der Waals surface area (Å²) in [7, 11) is 0. The van der Waals surface area contributed by atoms with Crippen molar-refractivity contribution in [3.05, 3.63) is 0 Å². The molecule has 20 heavy (non-hydrogen) atoms.